The Balaban J connectivity index is 1.40. The van der Waals surface area contributed by atoms with Crippen molar-refractivity contribution in [3.8, 4) is 5.75 Å². The molecule has 0 unspecified atom stereocenters. The number of ether oxygens (including phenoxy) is 1. The molecule has 0 bridgehead atoms. The number of anilines is 2. The Bertz CT molecular complexity index is 1080. The molecule has 8 heteroatoms. The molecule has 3 aromatic rings. The van der Waals surface area contributed by atoms with Crippen LogP contribution in [0.2, 0.25) is 0 Å². The van der Waals surface area contributed by atoms with Crippen LogP contribution in [0.3, 0.4) is 0 Å². The van der Waals surface area contributed by atoms with Crippen molar-refractivity contribution < 1.29 is 14.6 Å². The number of pyridine rings is 1. The number of β-amino-alcohol motifs (C(OH)–C–C–N with tert-alkyl or cyclic N) is 1. The monoisotopic (exact) mass is 498 g/mol. The molecule has 1 aromatic heterocycles. The van der Waals surface area contributed by atoms with Crippen LogP contribution in [-0.2, 0) is 4.79 Å². The van der Waals surface area contributed by atoms with Crippen LogP contribution >= 0.6 is 15.9 Å². The normalized spacial score (nSPS) is 14.5. The van der Waals surface area contributed by atoms with Crippen molar-refractivity contribution in [3.05, 3.63) is 58.6 Å². The second kappa shape index (κ2) is 10.3. The summed E-state index contributed by atoms with van der Waals surface area (Å²) < 4.78 is 6.50. The molecule has 1 aliphatic heterocycles. The quantitative estimate of drug-likeness (QED) is 0.519. The summed E-state index contributed by atoms with van der Waals surface area (Å²) >= 11 is 3.38. The van der Waals surface area contributed by atoms with E-state index in [4.69, 9.17) is 14.8 Å². The largest absolute Gasteiger partial charge is 0.484 e. The first-order valence-corrected chi connectivity index (χ1v) is 11.5. The van der Waals surface area contributed by atoms with Crippen LogP contribution in [0.4, 0.5) is 11.5 Å². The molecular formula is C24H27BrN4O3. The van der Waals surface area contributed by atoms with Gasteiger partial charge >= 0.3 is 0 Å². The van der Waals surface area contributed by atoms with Gasteiger partial charge in [0, 0.05) is 48.3 Å². The van der Waals surface area contributed by atoms with E-state index >= 15 is 0 Å². The van der Waals surface area contributed by atoms with E-state index in [-0.39, 0.29) is 19.1 Å². The number of aryl methyl sites for hydroxylation is 1. The van der Waals surface area contributed by atoms with Crippen molar-refractivity contribution in [2.24, 2.45) is 0 Å². The van der Waals surface area contributed by atoms with E-state index < -0.39 is 0 Å². The van der Waals surface area contributed by atoms with Gasteiger partial charge in [0.15, 0.2) is 6.61 Å². The van der Waals surface area contributed by atoms with Gasteiger partial charge in [0.1, 0.15) is 11.6 Å². The van der Waals surface area contributed by atoms with E-state index in [0.717, 1.165) is 65.2 Å². The van der Waals surface area contributed by atoms with Gasteiger partial charge in [-0.3, -0.25) is 9.69 Å². The zero-order chi connectivity index (χ0) is 22.5. The van der Waals surface area contributed by atoms with Crippen LogP contribution in [0.25, 0.3) is 10.9 Å². The molecule has 0 atom stereocenters. The van der Waals surface area contributed by atoms with Gasteiger partial charge in [0.25, 0.3) is 5.91 Å². The first kappa shape index (κ1) is 22.5. The zero-order valence-corrected chi connectivity index (χ0v) is 19.6. The fourth-order valence-electron chi connectivity index (χ4n) is 3.83. The molecule has 0 aliphatic carbocycles. The van der Waals surface area contributed by atoms with E-state index in [9.17, 15) is 4.79 Å². The van der Waals surface area contributed by atoms with Crippen molar-refractivity contribution >= 4 is 44.2 Å². The van der Waals surface area contributed by atoms with Gasteiger partial charge < -0.3 is 20.1 Å². The smallest absolute Gasteiger partial charge is 0.262 e. The number of piperazine rings is 1. The lowest BCUT2D eigenvalue weighted by atomic mass is 10.1. The number of aliphatic hydroxyl groups excluding tert-OH is 1. The average molecular weight is 499 g/mol. The van der Waals surface area contributed by atoms with Crippen molar-refractivity contribution in [2.45, 2.75) is 6.92 Å². The number of benzene rings is 2. The average Bonchev–Trinajstić information content (AvgIpc) is 2.80. The fraction of sp³-hybridized carbons (Fsp3) is 0.333. The zero-order valence-electron chi connectivity index (χ0n) is 18.1. The van der Waals surface area contributed by atoms with E-state index in [1.54, 1.807) is 0 Å². The maximum absolute atomic E-state index is 12.3. The number of aliphatic hydroxyl groups is 1. The summed E-state index contributed by atoms with van der Waals surface area (Å²) in [7, 11) is 0. The fourth-order valence-corrected chi connectivity index (χ4v) is 4.10. The van der Waals surface area contributed by atoms with Crippen LogP contribution in [0.5, 0.6) is 5.75 Å². The number of hydrogen-bond acceptors (Lipinski definition) is 6. The van der Waals surface area contributed by atoms with Crippen molar-refractivity contribution in [1.29, 1.82) is 0 Å². The van der Waals surface area contributed by atoms with Gasteiger partial charge in [-0.15, -0.1) is 0 Å². The maximum atomic E-state index is 12.3. The number of nitrogens with zero attached hydrogens (tertiary/aromatic N) is 3. The van der Waals surface area contributed by atoms with Crippen LogP contribution in [0.1, 0.15) is 5.56 Å². The topological polar surface area (TPSA) is 77.9 Å². The minimum absolute atomic E-state index is 0.0574. The maximum Gasteiger partial charge on any atom is 0.262 e. The predicted octanol–water partition coefficient (Wildman–Crippen LogP) is 3.44. The molecule has 2 aromatic carbocycles. The van der Waals surface area contributed by atoms with E-state index in [2.05, 4.69) is 44.0 Å². The molecule has 32 heavy (non-hydrogen) atoms. The molecule has 7 nitrogen and oxygen atoms in total. The van der Waals surface area contributed by atoms with Crippen LogP contribution in [0.15, 0.2) is 53.0 Å². The van der Waals surface area contributed by atoms with Gasteiger partial charge in [0.05, 0.1) is 12.1 Å². The number of hydrogen-bond donors (Lipinski definition) is 2. The molecule has 1 fully saturated rings. The molecule has 1 amide bonds. The molecule has 1 aliphatic rings. The summed E-state index contributed by atoms with van der Waals surface area (Å²) in [5, 5.41) is 13.0. The Morgan fingerprint density at radius 3 is 2.59 bits per heavy atom. The number of halogens is 1. The lowest BCUT2D eigenvalue weighted by Gasteiger charge is -2.35. The van der Waals surface area contributed by atoms with Crippen LogP contribution < -0.4 is 15.0 Å². The summed E-state index contributed by atoms with van der Waals surface area (Å²) in [6, 6.07) is 15.2. The molecule has 2 heterocycles. The second-order valence-corrected chi connectivity index (χ2v) is 8.79. The minimum atomic E-state index is -0.213. The highest BCUT2D eigenvalue weighted by atomic mass is 79.9. The molecule has 0 spiro atoms. The molecule has 1 saturated heterocycles. The van der Waals surface area contributed by atoms with Gasteiger partial charge in [-0.05, 0) is 61.0 Å². The third kappa shape index (κ3) is 5.56. The predicted molar refractivity (Wildman–Crippen MR) is 130 cm³/mol. The Kier molecular flexibility index (Phi) is 7.24. The van der Waals surface area contributed by atoms with Crippen molar-refractivity contribution in [3.63, 3.8) is 0 Å². The van der Waals surface area contributed by atoms with Gasteiger partial charge in [0.2, 0.25) is 0 Å². The second-order valence-electron chi connectivity index (χ2n) is 7.87. The highest BCUT2D eigenvalue weighted by Crippen LogP contribution is 2.26. The Morgan fingerprint density at radius 1 is 1.12 bits per heavy atom. The SMILES string of the molecule is Cc1cc(N2CCN(CCO)CC2)nc2ccc(NC(=O)COc3ccc(Br)cc3)cc12. The number of carbonyl (C=O) groups is 1. The molecule has 2 N–H and O–H groups in total. The summed E-state index contributed by atoms with van der Waals surface area (Å²) in [5.41, 5.74) is 2.74. The number of rotatable bonds is 7. The third-order valence-corrected chi connectivity index (χ3v) is 6.11. The molecule has 4 rings (SSSR count). The Hall–Kier alpha value is -2.68. The molecule has 168 valence electrons. The summed E-state index contributed by atoms with van der Waals surface area (Å²) in [6.07, 6.45) is 0. The molecule has 0 saturated carbocycles. The Morgan fingerprint density at radius 2 is 1.88 bits per heavy atom. The first-order chi connectivity index (χ1) is 15.5. The number of aromatic nitrogens is 1. The number of fused-ring (bicyclic) bond motifs is 1. The highest BCUT2D eigenvalue weighted by Gasteiger charge is 2.18. The van der Waals surface area contributed by atoms with Crippen LogP contribution in [0, 0.1) is 6.92 Å². The Labute approximate surface area is 196 Å². The van der Waals surface area contributed by atoms with Crippen LogP contribution in [-0.4, -0.2) is 66.8 Å². The van der Waals surface area contributed by atoms with Crippen molar-refractivity contribution in [1.82, 2.24) is 9.88 Å². The first-order valence-electron chi connectivity index (χ1n) is 10.7. The summed E-state index contributed by atoms with van der Waals surface area (Å²) in [4.78, 5) is 21.7. The summed E-state index contributed by atoms with van der Waals surface area (Å²) in [6.45, 7) is 6.56. The van der Waals surface area contributed by atoms with E-state index in [0.29, 0.717) is 5.75 Å². The lowest BCUT2D eigenvalue weighted by molar-refractivity contribution is -0.118. The van der Waals surface area contributed by atoms with E-state index in [1.807, 2.05) is 42.5 Å². The molecule has 0 radical (unpaired) electrons. The number of nitrogens with one attached hydrogen (secondary N) is 1. The number of amides is 1. The standard InChI is InChI=1S/C24H27BrN4O3/c1-17-14-23(29-10-8-28(9-11-29)12-13-30)27-22-7-4-19(15-21(17)22)26-24(31)16-32-20-5-2-18(25)3-6-20/h2-7,14-15,30H,8-13,16H2,1H3,(H,26,31). The third-order valence-electron chi connectivity index (χ3n) is 5.58. The minimum Gasteiger partial charge on any atom is -0.484 e. The highest BCUT2D eigenvalue weighted by molar-refractivity contribution is 9.10. The van der Waals surface area contributed by atoms with Gasteiger partial charge in [-0.2, -0.15) is 0 Å². The lowest BCUT2D eigenvalue weighted by Crippen LogP contribution is -2.47. The van der Waals surface area contributed by atoms with Crippen molar-refractivity contribution in [2.75, 3.05) is 56.2 Å². The number of carbonyl (C=O) groups excluding carboxylic acids is 1. The van der Waals surface area contributed by atoms with E-state index in [1.165, 1.54) is 0 Å². The van der Waals surface area contributed by atoms with Gasteiger partial charge in [-0.1, -0.05) is 15.9 Å². The van der Waals surface area contributed by atoms with Gasteiger partial charge in [-0.25, -0.2) is 4.98 Å². The molecular weight excluding hydrogens is 472 g/mol. The summed E-state index contributed by atoms with van der Waals surface area (Å²) in [5.74, 6) is 1.40.